The van der Waals surface area contributed by atoms with E-state index in [-0.39, 0.29) is 5.89 Å². The Balaban J connectivity index is 1.62. The Hall–Kier alpha value is -1.43. The van der Waals surface area contributed by atoms with Gasteiger partial charge in [-0.1, -0.05) is 33.6 Å². The number of nitrogens with one attached hydrogen (secondary N) is 1. The largest absolute Gasteiger partial charge is 0.385 e. The summed E-state index contributed by atoms with van der Waals surface area (Å²) >= 11 is 3.45. The zero-order valence-electron chi connectivity index (χ0n) is 12.9. The molecule has 0 fully saturated rings. The van der Waals surface area contributed by atoms with Gasteiger partial charge in [0.15, 0.2) is 11.5 Å². The summed E-state index contributed by atoms with van der Waals surface area (Å²) in [6.45, 7) is 3.75. The highest BCUT2D eigenvalue weighted by molar-refractivity contribution is 9.10. The molecule has 1 heterocycles. The second-order valence-electron chi connectivity index (χ2n) is 5.74. The van der Waals surface area contributed by atoms with Gasteiger partial charge in [-0.3, -0.25) is 0 Å². The fourth-order valence-corrected chi connectivity index (χ4v) is 2.41. The first kappa shape index (κ1) is 16.9. The van der Waals surface area contributed by atoms with E-state index in [9.17, 15) is 4.39 Å². The van der Waals surface area contributed by atoms with Crippen molar-refractivity contribution in [3.8, 4) is 0 Å². The number of rotatable bonds is 8. The van der Waals surface area contributed by atoms with Crippen molar-refractivity contribution in [3.05, 3.63) is 40.5 Å². The van der Waals surface area contributed by atoms with E-state index in [4.69, 9.17) is 4.52 Å². The van der Waals surface area contributed by atoms with Gasteiger partial charge in [-0.25, -0.2) is 4.39 Å². The molecule has 1 N–H and O–H groups in total. The molecule has 0 bridgehead atoms. The zero-order chi connectivity index (χ0) is 16.0. The second kappa shape index (κ2) is 7.72. The van der Waals surface area contributed by atoms with E-state index < -0.39 is 5.67 Å². The molecule has 0 aliphatic heterocycles. The first-order chi connectivity index (χ1) is 10.4. The number of unbranched alkanes of at least 4 members (excludes halogenated alkanes) is 2. The number of nitrogens with zero attached hydrogens (tertiary/aromatic N) is 2. The van der Waals surface area contributed by atoms with E-state index in [1.165, 1.54) is 13.8 Å². The number of aryl methyl sites for hydroxylation is 1. The van der Waals surface area contributed by atoms with Crippen molar-refractivity contribution in [2.75, 3.05) is 11.9 Å². The summed E-state index contributed by atoms with van der Waals surface area (Å²) in [7, 11) is 0. The molecule has 6 heteroatoms. The lowest BCUT2D eigenvalue weighted by molar-refractivity contribution is 0.155. The molecule has 0 saturated heterocycles. The summed E-state index contributed by atoms with van der Waals surface area (Å²) in [4.78, 5) is 4.08. The lowest BCUT2D eigenvalue weighted by Crippen LogP contribution is -2.09. The molecular formula is C16H21BrFN3O. The SMILES string of the molecule is CC(C)(F)c1nc(CCCCCNc2cccc(Br)c2)no1. The summed E-state index contributed by atoms with van der Waals surface area (Å²) in [5, 5.41) is 7.19. The average molecular weight is 370 g/mol. The van der Waals surface area contributed by atoms with Crippen molar-refractivity contribution in [2.45, 2.75) is 45.2 Å². The van der Waals surface area contributed by atoms with E-state index >= 15 is 0 Å². The van der Waals surface area contributed by atoms with E-state index in [0.717, 1.165) is 42.4 Å². The minimum absolute atomic E-state index is 0.0545. The van der Waals surface area contributed by atoms with E-state index in [1.54, 1.807) is 0 Å². The molecule has 0 atom stereocenters. The van der Waals surface area contributed by atoms with Crippen LogP contribution >= 0.6 is 15.9 Å². The van der Waals surface area contributed by atoms with Crippen LogP contribution < -0.4 is 5.32 Å². The molecule has 4 nitrogen and oxygen atoms in total. The Kier molecular flexibility index (Phi) is 5.94. The number of hydrogen-bond acceptors (Lipinski definition) is 4. The van der Waals surface area contributed by atoms with Crippen molar-refractivity contribution in [1.82, 2.24) is 10.1 Å². The fraction of sp³-hybridized carbons (Fsp3) is 0.500. The average Bonchev–Trinajstić information content (AvgIpc) is 2.91. The van der Waals surface area contributed by atoms with Gasteiger partial charge in [-0.2, -0.15) is 4.98 Å². The Morgan fingerprint density at radius 1 is 1.27 bits per heavy atom. The van der Waals surface area contributed by atoms with E-state index in [0.29, 0.717) is 5.82 Å². The van der Waals surface area contributed by atoms with E-state index in [1.807, 2.05) is 18.2 Å². The predicted molar refractivity (Wildman–Crippen MR) is 88.6 cm³/mol. The van der Waals surface area contributed by atoms with Crippen LogP contribution in [0, 0.1) is 0 Å². The minimum Gasteiger partial charge on any atom is -0.385 e. The molecule has 0 amide bonds. The topological polar surface area (TPSA) is 51.0 Å². The summed E-state index contributed by atoms with van der Waals surface area (Å²) in [6, 6.07) is 8.11. The zero-order valence-corrected chi connectivity index (χ0v) is 14.5. The number of halogens is 2. The van der Waals surface area contributed by atoms with Crippen LogP contribution in [-0.4, -0.2) is 16.7 Å². The number of hydrogen-bond donors (Lipinski definition) is 1. The number of alkyl halides is 1. The van der Waals surface area contributed by atoms with Gasteiger partial charge in [-0.05, 0) is 44.9 Å². The molecule has 1 aromatic heterocycles. The van der Waals surface area contributed by atoms with Gasteiger partial charge >= 0.3 is 0 Å². The normalized spacial score (nSPS) is 11.6. The summed E-state index contributed by atoms with van der Waals surface area (Å²) in [5.74, 6) is 0.638. The molecule has 0 aliphatic rings. The van der Waals surface area contributed by atoms with Crippen LogP contribution in [-0.2, 0) is 12.1 Å². The summed E-state index contributed by atoms with van der Waals surface area (Å²) in [5.41, 5.74) is -0.457. The molecule has 0 aliphatic carbocycles. The number of anilines is 1. The highest BCUT2D eigenvalue weighted by Gasteiger charge is 2.26. The standard InChI is InChI=1S/C16H21BrFN3O/c1-16(2,18)15-20-14(21-22-15)9-4-3-5-10-19-13-8-6-7-12(17)11-13/h6-8,11,19H,3-5,9-10H2,1-2H3. The smallest absolute Gasteiger partial charge is 0.263 e. The molecule has 2 aromatic rings. The number of aromatic nitrogens is 2. The molecule has 2 rings (SSSR count). The van der Waals surface area contributed by atoms with Crippen molar-refractivity contribution in [3.63, 3.8) is 0 Å². The van der Waals surface area contributed by atoms with Gasteiger partial charge in [-0.15, -0.1) is 0 Å². The van der Waals surface area contributed by atoms with Crippen LogP contribution in [0.15, 0.2) is 33.3 Å². The minimum atomic E-state index is -1.57. The van der Waals surface area contributed by atoms with Crippen LogP contribution in [0.4, 0.5) is 10.1 Å². The molecule has 22 heavy (non-hydrogen) atoms. The van der Waals surface area contributed by atoms with Crippen molar-refractivity contribution in [2.24, 2.45) is 0 Å². The predicted octanol–water partition coefficient (Wildman–Crippen LogP) is 4.86. The van der Waals surface area contributed by atoms with Gasteiger partial charge in [0, 0.05) is 23.1 Å². The van der Waals surface area contributed by atoms with Crippen molar-refractivity contribution in [1.29, 1.82) is 0 Å². The fourth-order valence-electron chi connectivity index (χ4n) is 2.01. The molecule has 120 valence electrons. The third kappa shape index (κ3) is 5.40. The van der Waals surface area contributed by atoms with Crippen molar-refractivity contribution < 1.29 is 8.91 Å². The maximum atomic E-state index is 13.6. The highest BCUT2D eigenvalue weighted by atomic mass is 79.9. The Bertz CT molecular complexity index is 595. The monoisotopic (exact) mass is 369 g/mol. The van der Waals surface area contributed by atoms with Crippen LogP contribution in [0.2, 0.25) is 0 Å². The quantitative estimate of drug-likeness (QED) is 0.674. The summed E-state index contributed by atoms with van der Waals surface area (Å²) < 4.78 is 19.6. The van der Waals surface area contributed by atoms with Crippen molar-refractivity contribution >= 4 is 21.6 Å². The lowest BCUT2D eigenvalue weighted by Gasteiger charge is -2.06. The molecule has 0 unspecified atom stereocenters. The third-order valence-electron chi connectivity index (χ3n) is 3.21. The Morgan fingerprint density at radius 2 is 2.09 bits per heavy atom. The van der Waals surface area contributed by atoms with Gasteiger partial charge in [0.25, 0.3) is 5.89 Å². The number of benzene rings is 1. The molecular weight excluding hydrogens is 349 g/mol. The first-order valence-corrected chi connectivity index (χ1v) is 8.26. The molecule has 0 spiro atoms. The molecule has 0 saturated carbocycles. The maximum Gasteiger partial charge on any atom is 0.263 e. The van der Waals surface area contributed by atoms with E-state index in [2.05, 4.69) is 37.5 Å². The van der Waals surface area contributed by atoms with Gasteiger partial charge in [0.05, 0.1) is 0 Å². The molecule has 0 radical (unpaired) electrons. The van der Waals surface area contributed by atoms with Gasteiger partial charge in [0.1, 0.15) is 0 Å². The lowest BCUT2D eigenvalue weighted by atomic mass is 10.1. The highest BCUT2D eigenvalue weighted by Crippen LogP contribution is 2.22. The van der Waals surface area contributed by atoms with Crippen LogP contribution in [0.1, 0.15) is 44.8 Å². The maximum absolute atomic E-state index is 13.6. The van der Waals surface area contributed by atoms with Crippen LogP contribution in [0.3, 0.4) is 0 Å². The molecule has 1 aromatic carbocycles. The second-order valence-corrected chi connectivity index (χ2v) is 6.65. The Labute approximate surface area is 138 Å². The van der Waals surface area contributed by atoms with Gasteiger partial charge in [0.2, 0.25) is 0 Å². The third-order valence-corrected chi connectivity index (χ3v) is 3.70. The first-order valence-electron chi connectivity index (χ1n) is 7.46. The van der Waals surface area contributed by atoms with Crippen LogP contribution in [0.5, 0.6) is 0 Å². The summed E-state index contributed by atoms with van der Waals surface area (Å²) in [6.07, 6.45) is 3.80. The van der Waals surface area contributed by atoms with Crippen LogP contribution in [0.25, 0.3) is 0 Å². The van der Waals surface area contributed by atoms with Gasteiger partial charge < -0.3 is 9.84 Å². The Morgan fingerprint density at radius 3 is 2.77 bits per heavy atom.